The predicted molar refractivity (Wildman–Crippen MR) is 118 cm³/mol. The van der Waals surface area contributed by atoms with Gasteiger partial charge in [-0.3, -0.25) is 0 Å². The number of hydrogen-bond donors (Lipinski definition) is 0. The van der Waals surface area contributed by atoms with Crippen LogP contribution in [0.1, 0.15) is 90.9 Å². The molecule has 6 heteroatoms. The van der Waals surface area contributed by atoms with E-state index in [1.807, 2.05) is 0 Å². The molecule has 3 aliphatic rings. The molecule has 3 aliphatic carbocycles. The molecule has 0 aliphatic heterocycles. The van der Waals surface area contributed by atoms with Gasteiger partial charge in [0.05, 0.1) is 0 Å². The third-order valence-corrected chi connectivity index (χ3v) is 52.3. The summed E-state index contributed by atoms with van der Waals surface area (Å²) in [7, 11) is 2.27. The van der Waals surface area contributed by atoms with Crippen molar-refractivity contribution in [1.29, 1.82) is 0 Å². The van der Waals surface area contributed by atoms with Crippen LogP contribution in [-0.4, -0.2) is 30.2 Å². The summed E-state index contributed by atoms with van der Waals surface area (Å²) in [5.74, 6) is 0. The molecule has 3 fully saturated rings. The van der Waals surface area contributed by atoms with Gasteiger partial charge in [-0.15, -0.1) is 0 Å². The van der Waals surface area contributed by atoms with E-state index >= 15 is 0 Å². The molecule has 0 saturated heterocycles. The van der Waals surface area contributed by atoms with Crippen molar-refractivity contribution in [1.82, 2.24) is 0 Å². The summed E-state index contributed by atoms with van der Waals surface area (Å²) in [5, 5.41) is 0. The number of hydrogen-bond acceptors (Lipinski definition) is 4. The molecule has 0 aromatic heterocycles. The van der Waals surface area contributed by atoms with Crippen molar-refractivity contribution >= 4 is 43.1 Å². The molecule has 3 rings (SSSR count). The Hall–Kier alpha value is 1.72. The van der Waals surface area contributed by atoms with Crippen molar-refractivity contribution in [3.05, 3.63) is 0 Å². The van der Waals surface area contributed by atoms with E-state index in [1.165, 1.54) is 77.0 Å². The molecule has 0 bridgehead atoms. The van der Waals surface area contributed by atoms with Crippen LogP contribution in [0.2, 0.25) is 11.8 Å². The monoisotopic (exact) mass is 512 g/mol. The molecule has 0 N–H and O–H groups in total. The zero-order valence-electron chi connectivity index (χ0n) is 16.2. The Morgan fingerprint density at radius 2 is 1.08 bits per heavy atom. The Labute approximate surface area is 167 Å². The summed E-state index contributed by atoms with van der Waals surface area (Å²) in [6.07, 6.45) is 17.8. The second-order valence-corrected chi connectivity index (χ2v) is 35.2. The second kappa shape index (κ2) is 9.96. The van der Waals surface area contributed by atoms with E-state index in [2.05, 4.69) is 22.4 Å². The Bertz CT molecular complexity index is 408. The third-order valence-electron chi connectivity index (χ3n) is 6.82. The third kappa shape index (κ3) is 4.83. The summed E-state index contributed by atoms with van der Waals surface area (Å²) in [6.45, 7) is 5.62. The summed E-state index contributed by atoms with van der Waals surface area (Å²) in [5.41, 5.74) is -2.15. The van der Waals surface area contributed by atoms with E-state index in [1.54, 1.807) is 0 Å². The van der Waals surface area contributed by atoms with Crippen LogP contribution in [0.4, 0.5) is 0 Å². The van der Waals surface area contributed by atoms with Gasteiger partial charge in [-0.25, -0.2) is 0 Å². The van der Waals surface area contributed by atoms with Crippen LogP contribution in [0.25, 0.3) is 0 Å². The molecule has 3 saturated carbocycles. The van der Waals surface area contributed by atoms with E-state index in [9.17, 15) is 0 Å². The quantitative estimate of drug-likeness (QED) is 0.232. The van der Waals surface area contributed by atoms with Crippen LogP contribution in [0.5, 0.6) is 0 Å². The molecule has 0 aromatic carbocycles. The molecule has 0 aromatic rings. The molecule has 0 radical (unpaired) electrons. The molecule has 2 nitrogen and oxygen atoms in total. The first-order valence-corrected chi connectivity index (χ1v) is 23.2. The van der Waals surface area contributed by atoms with Gasteiger partial charge in [-0.2, -0.15) is 0 Å². The molecule has 0 unspecified atom stereocenters. The fourth-order valence-electron chi connectivity index (χ4n) is 5.95. The van der Waals surface area contributed by atoms with Crippen molar-refractivity contribution in [2.75, 3.05) is 13.2 Å². The van der Waals surface area contributed by atoms with Gasteiger partial charge in [0.25, 0.3) is 0 Å². The van der Waals surface area contributed by atoms with Gasteiger partial charge in [-0.05, 0) is 0 Å². The van der Waals surface area contributed by atoms with Crippen LogP contribution in [-0.2, 0) is 20.9 Å². The Balaban J connectivity index is 1.97. The summed E-state index contributed by atoms with van der Waals surface area (Å²) >= 11 is 3.55. The minimum atomic E-state index is -2.58. The SMILES string of the molecule is CCOP(=S)(OCC)[S][Sn]([CH]1CCCC1)([CH]1CCCC1)[CH]1CCCC1. The van der Waals surface area contributed by atoms with E-state index in [0.29, 0.717) is 13.2 Å². The average molecular weight is 511 g/mol. The fraction of sp³-hybridized carbons (Fsp3) is 1.00. The standard InChI is InChI=1S/3C5H9.C4H11O2PS2.Sn/c3*1-2-4-5-3-1;1-3-5-7(8,9)6-4-2;/h3*1H,2-5H2;3-4H2,1-2H3,(H,8,9);/q;;;;+1/p-1. The predicted octanol–water partition coefficient (Wildman–Crippen LogP) is 7.80. The molecule has 25 heavy (non-hydrogen) atoms. The first-order valence-electron chi connectivity index (χ1n) is 10.7. The molecule has 0 amide bonds. The van der Waals surface area contributed by atoms with Gasteiger partial charge >= 0.3 is 168 Å². The molecule has 146 valence electrons. The number of rotatable bonds is 9. The van der Waals surface area contributed by atoms with Crippen molar-refractivity contribution in [2.24, 2.45) is 0 Å². The van der Waals surface area contributed by atoms with E-state index < -0.39 is 22.7 Å². The van der Waals surface area contributed by atoms with E-state index in [0.717, 1.165) is 11.8 Å². The Morgan fingerprint density at radius 3 is 1.36 bits per heavy atom. The van der Waals surface area contributed by atoms with Crippen LogP contribution in [0, 0.1) is 0 Å². The summed E-state index contributed by atoms with van der Waals surface area (Å²) in [6, 6.07) is 0. The van der Waals surface area contributed by atoms with Crippen LogP contribution >= 0.6 is 14.3 Å². The van der Waals surface area contributed by atoms with E-state index in [-0.39, 0.29) is 0 Å². The molecular formula is C19H37O2PS2Sn. The normalized spacial score (nSPS) is 24.6. The van der Waals surface area contributed by atoms with E-state index in [4.69, 9.17) is 20.9 Å². The Kier molecular flexibility index (Phi) is 8.54. The maximum absolute atomic E-state index is 6.22. The first kappa shape index (κ1) is 21.4. The molecule has 0 heterocycles. The second-order valence-electron chi connectivity index (χ2n) is 8.17. The van der Waals surface area contributed by atoms with Crippen molar-refractivity contribution < 1.29 is 9.05 Å². The summed E-state index contributed by atoms with van der Waals surface area (Å²) in [4.78, 5) is 0. The zero-order valence-corrected chi connectivity index (χ0v) is 21.6. The van der Waals surface area contributed by atoms with Crippen molar-refractivity contribution in [3.63, 3.8) is 0 Å². The minimum absolute atomic E-state index is 0.715. The van der Waals surface area contributed by atoms with Gasteiger partial charge in [-0.1, -0.05) is 0 Å². The van der Waals surface area contributed by atoms with Crippen LogP contribution in [0.15, 0.2) is 0 Å². The zero-order chi connectivity index (χ0) is 17.8. The van der Waals surface area contributed by atoms with Gasteiger partial charge in [0.1, 0.15) is 0 Å². The van der Waals surface area contributed by atoms with Gasteiger partial charge in [0.2, 0.25) is 0 Å². The van der Waals surface area contributed by atoms with Crippen molar-refractivity contribution in [2.45, 2.75) is 103 Å². The Morgan fingerprint density at radius 1 is 0.760 bits per heavy atom. The molecule has 0 atom stereocenters. The molecule has 0 spiro atoms. The van der Waals surface area contributed by atoms with Crippen LogP contribution < -0.4 is 0 Å². The van der Waals surface area contributed by atoms with Gasteiger partial charge in [0.15, 0.2) is 0 Å². The molecular weight excluding hydrogens is 474 g/mol. The average Bonchev–Trinajstić information content (AvgIpc) is 3.37. The first-order chi connectivity index (χ1) is 12.1. The van der Waals surface area contributed by atoms with Crippen LogP contribution in [0.3, 0.4) is 0 Å². The maximum atomic E-state index is 6.22. The summed E-state index contributed by atoms with van der Waals surface area (Å²) < 4.78 is 15.6. The topological polar surface area (TPSA) is 18.5 Å². The van der Waals surface area contributed by atoms with Crippen molar-refractivity contribution in [3.8, 4) is 0 Å². The fourth-order valence-corrected chi connectivity index (χ4v) is 65.3. The van der Waals surface area contributed by atoms with Gasteiger partial charge < -0.3 is 0 Å². The van der Waals surface area contributed by atoms with Gasteiger partial charge in [0, 0.05) is 0 Å².